The highest BCUT2D eigenvalue weighted by atomic mass is 16.5. The van der Waals surface area contributed by atoms with Crippen molar-refractivity contribution in [3.8, 4) is 5.75 Å². The molecule has 20 heavy (non-hydrogen) atoms. The van der Waals surface area contributed by atoms with Crippen molar-refractivity contribution in [2.45, 2.75) is 20.3 Å². The number of hydrogen-bond donors (Lipinski definition) is 1. The Morgan fingerprint density at radius 2 is 2.20 bits per heavy atom. The largest absolute Gasteiger partial charge is 0.493 e. The molecule has 0 saturated heterocycles. The first-order chi connectivity index (χ1) is 9.70. The zero-order chi connectivity index (χ0) is 14.4. The number of ether oxygens (including phenoxy) is 1. The van der Waals surface area contributed by atoms with Crippen molar-refractivity contribution in [3.05, 3.63) is 59.4 Å². The molecule has 0 fully saturated rings. The Bertz CT molecular complexity index is 595. The number of benzene rings is 1. The minimum absolute atomic E-state index is 0.546. The second kappa shape index (κ2) is 6.70. The van der Waals surface area contributed by atoms with Gasteiger partial charge in [-0.25, -0.2) is 0 Å². The van der Waals surface area contributed by atoms with Crippen LogP contribution < -0.4 is 4.74 Å². The summed E-state index contributed by atoms with van der Waals surface area (Å²) in [6.45, 7) is 4.30. The third-order valence-electron chi connectivity index (χ3n) is 3.05. The number of oxime groups is 1. The van der Waals surface area contributed by atoms with Crippen LogP contribution in [0.25, 0.3) is 0 Å². The number of nitrogens with zero attached hydrogens (tertiary/aromatic N) is 2. The van der Waals surface area contributed by atoms with E-state index in [9.17, 15) is 0 Å². The van der Waals surface area contributed by atoms with E-state index in [2.05, 4.69) is 10.1 Å². The van der Waals surface area contributed by atoms with Crippen LogP contribution in [0.3, 0.4) is 0 Å². The maximum absolute atomic E-state index is 8.93. The van der Waals surface area contributed by atoms with Gasteiger partial charge in [-0.05, 0) is 37.6 Å². The van der Waals surface area contributed by atoms with Crippen LogP contribution in [-0.2, 0) is 6.42 Å². The van der Waals surface area contributed by atoms with Gasteiger partial charge in [-0.2, -0.15) is 0 Å². The summed E-state index contributed by atoms with van der Waals surface area (Å²) in [5.74, 6) is 0.731. The van der Waals surface area contributed by atoms with Crippen molar-refractivity contribution in [1.82, 2.24) is 4.98 Å². The summed E-state index contributed by atoms with van der Waals surface area (Å²) in [6, 6.07) is 9.77. The molecule has 4 nitrogen and oxygen atoms in total. The molecule has 2 rings (SSSR count). The van der Waals surface area contributed by atoms with E-state index in [-0.39, 0.29) is 0 Å². The smallest absolute Gasteiger partial charge is 0.128 e. The molecule has 0 bridgehead atoms. The van der Waals surface area contributed by atoms with Gasteiger partial charge in [0.2, 0.25) is 0 Å². The van der Waals surface area contributed by atoms with Gasteiger partial charge in [0.15, 0.2) is 0 Å². The van der Waals surface area contributed by atoms with Crippen molar-refractivity contribution in [2.24, 2.45) is 5.16 Å². The van der Waals surface area contributed by atoms with E-state index >= 15 is 0 Å². The molecule has 0 amide bonds. The molecule has 1 aromatic carbocycles. The van der Waals surface area contributed by atoms with Crippen molar-refractivity contribution in [3.63, 3.8) is 0 Å². The van der Waals surface area contributed by atoms with E-state index in [0.717, 1.165) is 28.9 Å². The molecule has 0 spiro atoms. The van der Waals surface area contributed by atoms with Crippen LogP contribution >= 0.6 is 0 Å². The van der Waals surface area contributed by atoms with Crippen LogP contribution in [-0.4, -0.2) is 22.5 Å². The van der Waals surface area contributed by atoms with Gasteiger partial charge >= 0.3 is 0 Å². The molecule has 0 atom stereocenters. The van der Waals surface area contributed by atoms with Gasteiger partial charge in [0.05, 0.1) is 12.3 Å². The number of aromatic nitrogens is 1. The first-order valence-electron chi connectivity index (χ1n) is 6.52. The maximum atomic E-state index is 8.93. The van der Waals surface area contributed by atoms with Crippen molar-refractivity contribution >= 4 is 5.71 Å². The van der Waals surface area contributed by atoms with E-state index in [4.69, 9.17) is 9.94 Å². The van der Waals surface area contributed by atoms with Gasteiger partial charge in [-0.1, -0.05) is 22.9 Å². The van der Waals surface area contributed by atoms with Gasteiger partial charge in [0, 0.05) is 24.4 Å². The fourth-order valence-electron chi connectivity index (χ4n) is 1.93. The molecule has 4 heteroatoms. The summed E-state index contributed by atoms with van der Waals surface area (Å²) in [5, 5.41) is 12.2. The second-order valence-corrected chi connectivity index (χ2v) is 4.64. The molecule has 0 aliphatic carbocycles. The normalized spacial score (nSPS) is 11.4. The SMILES string of the molecule is CC(=NO)c1cc(C)ccc1OCCc1cccnc1. The summed E-state index contributed by atoms with van der Waals surface area (Å²) in [5.41, 5.74) is 3.60. The maximum Gasteiger partial charge on any atom is 0.128 e. The van der Waals surface area contributed by atoms with E-state index in [1.54, 1.807) is 13.1 Å². The molecular weight excluding hydrogens is 252 g/mol. The Balaban J connectivity index is 2.06. The fourth-order valence-corrected chi connectivity index (χ4v) is 1.93. The molecule has 1 N–H and O–H groups in total. The molecule has 1 aromatic heterocycles. The predicted molar refractivity (Wildman–Crippen MR) is 78.6 cm³/mol. The van der Waals surface area contributed by atoms with Crippen molar-refractivity contribution in [2.75, 3.05) is 6.61 Å². The lowest BCUT2D eigenvalue weighted by atomic mass is 10.1. The Kier molecular flexibility index (Phi) is 4.71. The fraction of sp³-hybridized carbons (Fsp3) is 0.250. The molecule has 0 radical (unpaired) electrons. The zero-order valence-corrected chi connectivity index (χ0v) is 11.7. The Morgan fingerprint density at radius 3 is 2.90 bits per heavy atom. The zero-order valence-electron chi connectivity index (χ0n) is 11.7. The van der Waals surface area contributed by atoms with Crippen LogP contribution in [0.15, 0.2) is 47.9 Å². The predicted octanol–water partition coefficient (Wildman–Crippen LogP) is 3.21. The van der Waals surface area contributed by atoms with Gasteiger partial charge < -0.3 is 9.94 Å². The Labute approximate surface area is 118 Å². The first kappa shape index (κ1) is 14.1. The first-order valence-corrected chi connectivity index (χ1v) is 6.52. The molecular formula is C16H18N2O2. The van der Waals surface area contributed by atoms with E-state index < -0.39 is 0 Å². The highest BCUT2D eigenvalue weighted by Gasteiger charge is 2.08. The molecule has 2 aromatic rings. The summed E-state index contributed by atoms with van der Waals surface area (Å²) in [4.78, 5) is 4.07. The van der Waals surface area contributed by atoms with Crippen LogP contribution in [0, 0.1) is 6.92 Å². The molecule has 104 valence electrons. The third kappa shape index (κ3) is 3.57. The van der Waals surface area contributed by atoms with E-state index in [0.29, 0.717) is 12.3 Å². The van der Waals surface area contributed by atoms with Gasteiger partial charge in [0.1, 0.15) is 5.75 Å². The average Bonchev–Trinajstić information content (AvgIpc) is 2.49. The number of aryl methyl sites for hydroxylation is 1. The lowest BCUT2D eigenvalue weighted by molar-refractivity contribution is 0.314. The molecule has 0 aliphatic heterocycles. The van der Waals surface area contributed by atoms with Crippen molar-refractivity contribution < 1.29 is 9.94 Å². The minimum atomic E-state index is 0.546. The molecule has 1 heterocycles. The molecule has 0 unspecified atom stereocenters. The highest BCUT2D eigenvalue weighted by Crippen LogP contribution is 2.21. The topological polar surface area (TPSA) is 54.7 Å². The summed E-state index contributed by atoms with van der Waals surface area (Å²) >= 11 is 0. The minimum Gasteiger partial charge on any atom is -0.493 e. The monoisotopic (exact) mass is 270 g/mol. The summed E-state index contributed by atoms with van der Waals surface area (Å²) < 4.78 is 5.80. The average molecular weight is 270 g/mol. The van der Waals surface area contributed by atoms with Gasteiger partial charge in [-0.15, -0.1) is 0 Å². The van der Waals surface area contributed by atoms with Crippen LogP contribution in [0.1, 0.15) is 23.6 Å². The quantitative estimate of drug-likeness (QED) is 0.515. The summed E-state index contributed by atoms with van der Waals surface area (Å²) in [6.07, 6.45) is 4.37. The van der Waals surface area contributed by atoms with E-state index in [1.807, 2.05) is 43.5 Å². The van der Waals surface area contributed by atoms with Crippen molar-refractivity contribution in [1.29, 1.82) is 0 Å². The van der Waals surface area contributed by atoms with E-state index in [1.165, 1.54) is 0 Å². The number of rotatable bonds is 5. The Hall–Kier alpha value is -2.36. The highest BCUT2D eigenvalue weighted by molar-refractivity contribution is 6.00. The lowest BCUT2D eigenvalue weighted by Gasteiger charge is -2.11. The molecule has 0 saturated carbocycles. The third-order valence-corrected chi connectivity index (χ3v) is 3.05. The standard InChI is InChI=1S/C16H18N2O2/c1-12-5-6-16(15(10-12)13(2)18-19)20-9-7-14-4-3-8-17-11-14/h3-6,8,10-11,19H,7,9H2,1-2H3. The van der Waals surface area contributed by atoms with Gasteiger partial charge in [0.25, 0.3) is 0 Å². The number of pyridine rings is 1. The Morgan fingerprint density at radius 1 is 1.35 bits per heavy atom. The van der Waals surface area contributed by atoms with Crippen LogP contribution in [0.5, 0.6) is 5.75 Å². The van der Waals surface area contributed by atoms with Gasteiger partial charge in [-0.3, -0.25) is 4.98 Å². The molecule has 0 aliphatic rings. The lowest BCUT2D eigenvalue weighted by Crippen LogP contribution is -2.06. The van der Waals surface area contributed by atoms with Crippen LogP contribution in [0.2, 0.25) is 0 Å². The van der Waals surface area contributed by atoms with Crippen LogP contribution in [0.4, 0.5) is 0 Å². The second-order valence-electron chi connectivity index (χ2n) is 4.64. The summed E-state index contributed by atoms with van der Waals surface area (Å²) in [7, 11) is 0. The number of hydrogen-bond acceptors (Lipinski definition) is 4.